The van der Waals surface area contributed by atoms with Crippen LogP contribution in [0.4, 0.5) is 0 Å². The highest BCUT2D eigenvalue weighted by Crippen LogP contribution is 2.19. The van der Waals surface area contributed by atoms with Crippen molar-refractivity contribution in [2.24, 2.45) is 5.92 Å². The van der Waals surface area contributed by atoms with Gasteiger partial charge in [-0.2, -0.15) is 0 Å². The highest BCUT2D eigenvalue weighted by Gasteiger charge is 2.24. The van der Waals surface area contributed by atoms with Gasteiger partial charge in [-0.1, -0.05) is 31.5 Å². The molecular weight excluding hydrogens is 214 g/mol. The van der Waals surface area contributed by atoms with E-state index >= 15 is 0 Å². The maximum Gasteiger partial charge on any atom is 0.335 e. The topological polar surface area (TPSA) is 40.5 Å². The SMILES string of the molecule is CCC1CN(CCc2ccccc2C(=O)O)C1. The zero-order chi connectivity index (χ0) is 12.3. The third kappa shape index (κ3) is 2.86. The van der Waals surface area contributed by atoms with E-state index in [2.05, 4.69) is 11.8 Å². The number of carboxylic acid groups (broad SMARTS) is 1. The lowest BCUT2D eigenvalue weighted by atomic mass is 9.96. The van der Waals surface area contributed by atoms with Crippen molar-refractivity contribution in [3.63, 3.8) is 0 Å². The van der Waals surface area contributed by atoms with Crippen LogP contribution < -0.4 is 0 Å². The molecule has 0 aromatic heterocycles. The van der Waals surface area contributed by atoms with Gasteiger partial charge in [-0.05, 0) is 24.0 Å². The number of rotatable bonds is 5. The van der Waals surface area contributed by atoms with Crippen LogP contribution in [0.15, 0.2) is 24.3 Å². The number of carboxylic acids is 1. The molecule has 0 radical (unpaired) electrons. The lowest BCUT2D eigenvalue weighted by Gasteiger charge is -2.39. The lowest BCUT2D eigenvalue weighted by molar-refractivity contribution is 0.0694. The number of hydrogen-bond acceptors (Lipinski definition) is 2. The Morgan fingerprint density at radius 3 is 2.76 bits per heavy atom. The quantitative estimate of drug-likeness (QED) is 0.848. The zero-order valence-corrected chi connectivity index (χ0v) is 10.2. The fourth-order valence-electron chi connectivity index (χ4n) is 2.34. The van der Waals surface area contributed by atoms with Crippen LogP contribution >= 0.6 is 0 Å². The number of hydrogen-bond donors (Lipinski definition) is 1. The summed E-state index contributed by atoms with van der Waals surface area (Å²) in [6, 6.07) is 7.29. The summed E-state index contributed by atoms with van der Waals surface area (Å²) in [5, 5.41) is 9.07. The second-order valence-electron chi connectivity index (χ2n) is 4.75. The Hall–Kier alpha value is -1.35. The summed E-state index contributed by atoms with van der Waals surface area (Å²) in [7, 11) is 0. The van der Waals surface area contributed by atoms with Crippen molar-refractivity contribution in [3.8, 4) is 0 Å². The van der Waals surface area contributed by atoms with Gasteiger partial charge in [0.15, 0.2) is 0 Å². The second-order valence-corrected chi connectivity index (χ2v) is 4.75. The first-order chi connectivity index (χ1) is 8.20. The van der Waals surface area contributed by atoms with Crippen LogP contribution in [-0.2, 0) is 6.42 Å². The first kappa shape index (κ1) is 12.1. The van der Waals surface area contributed by atoms with Crippen molar-refractivity contribution < 1.29 is 9.90 Å². The predicted molar refractivity (Wildman–Crippen MR) is 67.3 cm³/mol. The molecule has 0 unspecified atom stereocenters. The molecule has 0 atom stereocenters. The molecule has 1 N–H and O–H groups in total. The number of aromatic carboxylic acids is 1. The molecule has 0 spiro atoms. The van der Waals surface area contributed by atoms with E-state index in [1.54, 1.807) is 12.1 Å². The summed E-state index contributed by atoms with van der Waals surface area (Å²) in [5.41, 5.74) is 1.39. The minimum Gasteiger partial charge on any atom is -0.478 e. The van der Waals surface area contributed by atoms with Crippen LogP contribution in [0.2, 0.25) is 0 Å². The number of carbonyl (C=O) groups is 1. The minimum atomic E-state index is -0.823. The predicted octanol–water partition coefficient (Wildman–Crippen LogP) is 2.27. The Balaban J connectivity index is 1.89. The molecule has 1 aliphatic rings. The molecule has 0 aliphatic carbocycles. The summed E-state index contributed by atoms with van der Waals surface area (Å²) in [6.07, 6.45) is 2.08. The molecule has 2 rings (SSSR count). The fourth-order valence-corrected chi connectivity index (χ4v) is 2.34. The van der Waals surface area contributed by atoms with Crippen LogP contribution in [-0.4, -0.2) is 35.6 Å². The summed E-state index contributed by atoms with van der Waals surface area (Å²) < 4.78 is 0. The van der Waals surface area contributed by atoms with E-state index in [1.807, 2.05) is 12.1 Å². The van der Waals surface area contributed by atoms with Crippen LogP contribution in [0.25, 0.3) is 0 Å². The largest absolute Gasteiger partial charge is 0.478 e. The first-order valence-corrected chi connectivity index (χ1v) is 6.24. The van der Waals surface area contributed by atoms with Gasteiger partial charge in [-0.3, -0.25) is 0 Å². The highest BCUT2D eigenvalue weighted by molar-refractivity contribution is 5.89. The van der Waals surface area contributed by atoms with Crippen LogP contribution in [0.1, 0.15) is 29.3 Å². The van der Waals surface area contributed by atoms with Gasteiger partial charge in [-0.15, -0.1) is 0 Å². The maximum absolute atomic E-state index is 11.0. The molecule has 1 aromatic carbocycles. The van der Waals surface area contributed by atoms with Gasteiger partial charge in [-0.25, -0.2) is 4.79 Å². The Kier molecular flexibility index (Phi) is 3.79. The molecule has 1 heterocycles. The van der Waals surface area contributed by atoms with E-state index in [9.17, 15) is 4.79 Å². The Morgan fingerprint density at radius 1 is 1.41 bits per heavy atom. The van der Waals surface area contributed by atoms with E-state index in [0.717, 1.165) is 24.4 Å². The van der Waals surface area contributed by atoms with Gasteiger partial charge in [0.2, 0.25) is 0 Å². The van der Waals surface area contributed by atoms with Gasteiger partial charge in [0.25, 0.3) is 0 Å². The number of likely N-dealkylation sites (tertiary alicyclic amines) is 1. The summed E-state index contributed by atoms with van der Waals surface area (Å²) in [5.74, 6) is 0.0281. The molecule has 1 aromatic rings. The lowest BCUT2D eigenvalue weighted by Crippen LogP contribution is -2.47. The van der Waals surface area contributed by atoms with E-state index < -0.39 is 5.97 Å². The third-order valence-corrected chi connectivity index (χ3v) is 3.56. The van der Waals surface area contributed by atoms with Crippen LogP contribution in [0, 0.1) is 5.92 Å². The van der Waals surface area contributed by atoms with Gasteiger partial charge in [0, 0.05) is 19.6 Å². The standard InChI is InChI=1S/C14H19NO2/c1-2-11-9-15(10-11)8-7-12-5-3-4-6-13(12)14(16)17/h3-6,11H,2,7-10H2,1H3,(H,16,17). The van der Waals surface area contributed by atoms with Crippen molar-refractivity contribution in [2.75, 3.05) is 19.6 Å². The molecule has 3 nitrogen and oxygen atoms in total. The zero-order valence-electron chi connectivity index (χ0n) is 10.2. The summed E-state index contributed by atoms with van der Waals surface area (Å²) in [4.78, 5) is 13.4. The molecule has 0 saturated carbocycles. The van der Waals surface area contributed by atoms with Crippen LogP contribution in [0.5, 0.6) is 0 Å². The molecule has 92 valence electrons. The molecule has 1 fully saturated rings. The fraction of sp³-hybridized carbons (Fsp3) is 0.500. The molecule has 0 bridgehead atoms. The van der Waals surface area contributed by atoms with E-state index in [-0.39, 0.29) is 0 Å². The smallest absolute Gasteiger partial charge is 0.335 e. The molecule has 17 heavy (non-hydrogen) atoms. The van der Waals surface area contributed by atoms with E-state index in [1.165, 1.54) is 19.5 Å². The van der Waals surface area contributed by atoms with Gasteiger partial charge in [0.05, 0.1) is 5.56 Å². The number of benzene rings is 1. The minimum absolute atomic E-state index is 0.445. The Morgan fingerprint density at radius 2 is 2.12 bits per heavy atom. The van der Waals surface area contributed by atoms with Crippen molar-refractivity contribution in [2.45, 2.75) is 19.8 Å². The molecule has 0 amide bonds. The second kappa shape index (κ2) is 5.32. The number of nitrogens with zero attached hydrogens (tertiary/aromatic N) is 1. The third-order valence-electron chi connectivity index (χ3n) is 3.56. The molecule has 3 heteroatoms. The van der Waals surface area contributed by atoms with Crippen LogP contribution in [0.3, 0.4) is 0 Å². The first-order valence-electron chi connectivity index (χ1n) is 6.24. The van der Waals surface area contributed by atoms with Gasteiger partial charge in [0.1, 0.15) is 0 Å². The van der Waals surface area contributed by atoms with Crippen molar-refractivity contribution >= 4 is 5.97 Å². The van der Waals surface area contributed by atoms with E-state index in [0.29, 0.717) is 5.56 Å². The van der Waals surface area contributed by atoms with Gasteiger partial charge < -0.3 is 10.0 Å². The maximum atomic E-state index is 11.0. The normalized spacial score (nSPS) is 16.8. The average molecular weight is 233 g/mol. The van der Waals surface area contributed by atoms with Crippen molar-refractivity contribution in [3.05, 3.63) is 35.4 Å². The monoisotopic (exact) mass is 233 g/mol. The molecule has 1 saturated heterocycles. The summed E-state index contributed by atoms with van der Waals surface area (Å²) in [6.45, 7) is 5.54. The molecule has 1 aliphatic heterocycles. The van der Waals surface area contributed by atoms with Gasteiger partial charge >= 0.3 is 5.97 Å². The average Bonchev–Trinajstić information content (AvgIpc) is 2.27. The van der Waals surface area contributed by atoms with Crippen molar-refractivity contribution in [1.82, 2.24) is 4.90 Å². The Bertz CT molecular complexity index is 397. The van der Waals surface area contributed by atoms with Crippen molar-refractivity contribution in [1.29, 1.82) is 0 Å². The Labute approximate surface area is 102 Å². The van der Waals surface area contributed by atoms with E-state index in [4.69, 9.17) is 5.11 Å². The summed E-state index contributed by atoms with van der Waals surface area (Å²) >= 11 is 0. The highest BCUT2D eigenvalue weighted by atomic mass is 16.4. The molecular formula is C14H19NO2.